The van der Waals surface area contributed by atoms with Crippen LogP contribution >= 0.6 is 0 Å². The average Bonchev–Trinajstić information content (AvgIpc) is 2.73. The Kier molecular flexibility index (Phi) is 6.56. The van der Waals surface area contributed by atoms with Gasteiger partial charge in [-0.3, -0.25) is 4.79 Å². The fourth-order valence-corrected chi connectivity index (χ4v) is 6.43. The molecule has 1 aliphatic rings. The molecule has 0 saturated carbocycles. The number of hydrogen-bond acceptors (Lipinski definition) is 5. The van der Waals surface area contributed by atoms with E-state index in [4.69, 9.17) is 0 Å². The minimum atomic E-state index is -3.99. The third-order valence-electron chi connectivity index (χ3n) is 4.83. The van der Waals surface area contributed by atoms with Crippen LogP contribution in [0.1, 0.15) is 20.8 Å². The highest BCUT2D eigenvalue weighted by molar-refractivity contribution is 7.89. The summed E-state index contributed by atoms with van der Waals surface area (Å²) in [5.74, 6) is -0.542. The van der Waals surface area contributed by atoms with E-state index in [1.807, 2.05) is 0 Å². The second-order valence-corrected chi connectivity index (χ2v) is 12.2. The van der Waals surface area contributed by atoms with Crippen LogP contribution in [0.15, 0.2) is 70.5 Å². The molecule has 3 rings (SSSR count). The highest BCUT2D eigenvalue weighted by Gasteiger charge is 2.43. The van der Waals surface area contributed by atoms with E-state index in [1.54, 1.807) is 57.2 Å². The largest absolute Gasteiger partial charge is 0.350 e. The van der Waals surface area contributed by atoms with Crippen LogP contribution in [0.4, 0.5) is 0 Å². The zero-order valence-corrected chi connectivity index (χ0v) is 19.4. The Bertz CT molecular complexity index is 1130. The van der Waals surface area contributed by atoms with Crippen molar-refractivity contribution < 1.29 is 21.6 Å². The highest BCUT2D eigenvalue weighted by Crippen LogP contribution is 2.25. The van der Waals surface area contributed by atoms with E-state index >= 15 is 0 Å². The summed E-state index contributed by atoms with van der Waals surface area (Å²) in [5, 5.41) is 2.79. The Labute approximate surface area is 184 Å². The number of benzene rings is 2. The third-order valence-corrected chi connectivity index (χ3v) is 8.63. The van der Waals surface area contributed by atoms with E-state index in [9.17, 15) is 21.6 Å². The van der Waals surface area contributed by atoms with Crippen LogP contribution in [0, 0.1) is 0 Å². The standard InChI is InChI=1S/C21H27N3O5S2/c1-21(2,3)22-20(25)19-16-23(30(26,27)17-10-6-4-7-11-17)14-15-24(19)31(28,29)18-12-8-5-9-13-18/h4-13,19H,14-16H2,1-3H3,(H,22,25)/t19-/m1/s1. The minimum absolute atomic E-state index is 0.0530. The molecular weight excluding hydrogens is 438 g/mol. The third kappa shape index (κ3) is 5.15. The van der Waals surface area contributed by atoms with Crippen molar-refractivity contribution in [2.24, 2.45) is 0 Å². The molecule has 1 saturated heterocycles. The summed E-state index contributed by atoms with van der Waals surface area (Å²) >= 11 is 0. The van der Waals surface area contributed by atoms with E-state index < -0.39 is 37.5 Å². The molecule has 1 fully saturated rings. The summed E-state index contributed by atoms with van der Waals surface area (Å²) in [6.07, 6.45) is 0. The normalized spacial score (nSPS) is 19.1. The van der Waals surface area contributed by atoms with Gasteiger partial charge in [0.2, 0.25) is 26.0 Å². The SMILES string of the molecule is CC(C)(C)NC(=O)[C@H]1CN(S(=O)(=O)c2ccccc2)CCN1S(=O)(=O)c1ccccc1. The summed E-state index contributed by atoms with van der Waals surface area (Å²) in [4.78, 5) is 13.2. The van der Waals surface area contributed by atoms with Crippen LogP contribution in [-0.4, -0.2) is 62.6 Å². The predicted octanol–water partition coefficient (Wildman–Crippen LogP) is 1.67. The maximum atomic E-state index is 13.3. The van der Waals surface area contributed by atoms with Crippen LogP contribution in [0.3, 0.4) is 0 Å². The lowest BCUT2D eigenvalue weighted by atomic mass is 10.1. The van der Waals surface area contributed by atoms with Gasteiger partial charge in [-0.25, -0.2) is 16.8 Å². The van der Waals surface area contributed by atoms with Crippen molar-refractivity contribution in [2.45, 2.75) is 42.1 Å². The Balaban J connectivity index is 1.98. The van der Waals surface area contributed by atoms with Crippen LogP contribution in [-0.2, 0) is 24.8 Å². The molecule has 1 heterocycles. The molecule has 31 heavy (non-hydrogen) atoms. The topological polar surface area (TPSA) is 104 Å². The molecule has 168 valence electrons. The van der Waals surface area contributed by atoms with Gasteiger partial charge in [0.25, 0.3) is 0 Å². The fraction of sp³-hybridized carbons (Fsp3) is 0.381. The molecule has 1 aliphatic heterocycles. The molecule has 0 bridgehead atoms. The lowest BCUT2D eigenvalue weighted by Gasteiger charge is -2.40. The van der Waals surface area contributed by atoms with Gasteiger partial charge in [0.05, 0.1) is 9.79 Å². The first-order valence-electron chi connectivity index (χ1n) is 9.87. The number of carbonyl (C=O) groups is 1. The molecule has 0 unspecified atom stereocenters. The molecule has 1 N–H and O–H groups in total. The molecule has 0 radical (unpaired) electrons. The molecule has 0 aliphatic carbocycles. The van der Waals surface area contributed by atoms with Gasteiger partial charge < -0.3 is 5.32 Å². The first kappa shape index (κ1) is 23.4. The van der Waals surface area contributed by atoms with Gasteiger partial charge in [0.15, 0.2) is 0 Å². The molecule has 2 aromatic carbocycles. The molecule has 10 heteroatoms. The van der Waals surface area contributed by atoms with Gasteiger partial charge >= 0.3 is 0 Å². The zero-order valence-electron chi connectivity index (χ0n) is 17.7. The van der Waals surface area contributed by atoms with E-state index in [-0.39, 0.29) is 29.4 Å². The van der Waals surface area contributed by atoms with Crippen LogP contribution in [0.25, 0.3) is 0 Å². The summed E-state index contributed by atoms with van der Waals surface area (Å²) in [5.41, 5.74) is -0.611. The van der Waals surface area contributed by atoms with Crippen molar-refractivity contribution in [1.29, 1.82) is 0 Å². The summed E-state index contributed by atoms with van der Waals surface area (Å²) in [6, 6.07) is 14.5. The second kappa shape index (κ2) is 8.70. The Morgan fingerprint density at radius 2 is 1.32 bits per heavy atom. The minimum Gasteiger partial charge on any atom is -0.350 e. The van der Waals surface area contributed by atoms with E-state index in [2.05, 4.69) is 5.32 Å². The van der Waals surface area contributed by atoms with E-state index in [0.717, 1.165) is 4.31 Å². The van der Waals surface area contributed by atoms with Crippen molar-refractivity contribution in [3.05, 3.63) is 60.7 Å². The quantitative estimate of drug-likeness (QED) is 0.723. The van der Waals surface area contributed by atoms with Crippen LogP contribution in [0.2, 0.25) is 0 Å². The summed E-state index contributed by atoms with van der Waals surface area (Å²) in [7, 11) is -7.87. The molecule has 8 nitrogen and oxygen atoms in total. The van der Waals surface area contributed by atoms with E-state index in [1.165, 1.54) is 28.6 Å². The Morgan fingerprint density at radius 3 is 1.81 bits per heavy atom. The highest BCUT2D eigenvalue weighted by atomic mass is 32.2. The van der Waals surface area contributed by atoms with E-state index in [0.29, 0.717) is 0 Å². The van der Waals surface area contributed by atoms with Gasteiger partial charge in [-0.1, -0.05) is 36.4 Å². The molecular formula is C21H27N3O5S2. The number of sulfonamides is 2. The summed E-state index contributed by atoms with van der Waals surface area (Å²) in [6.45, 7) is 4.88. The zero-order chi connectivity index (χ0) is 22.9. The van der Waals surface area contributed by atoms with Crippen LogP contribution < -0.4 is 5.32 Å². The number of piperazine rings is 1. The van der Waals surface area contributed by atoms with Gasteiger partial charge in [-0.05, 0) is 45.0 Å². The van der Waals surface area contributed by atoms with Crippen molar-refractivity contribution in [3.8, 4) is 0 Å². The predicted molar refractivity (Wildman–Crippen MR) is 117 cm³/mol. The first-order chi connectivity index (χ1) is 14.4. The van der Waals surface area contributed by atoms with Gasteiger partial charge in [0, 0.05) is 25.2 Å². The Hall–Kier alpha value is -2.27. The lowest BCUT2D eigenvalue weighted by Crippen LogP contribution is -2.62. The number of rotatable bonds is 5. The van der Waals surface area contributed by atoms with Crippen molar-refractivity contribution in [1.82, 2.24) is 13.9 Å². The van der Waals surface area contributed by atoms with Gasteiger partial charge in [-0.2, -0.15) is 8.61 Å². The van der Waals surface area contributed by atoms with Crippen molar-refractivity contribution >= 4 is 26.0 Å². The number of nitrogens with one attached hydrogen (secondary N) is 1. The molecule has 2 aromatic rings. The fourth-order valence-electron chi connectivity index (χ4n) is 3.38. The van der Waals surface area contributed by atoms with Gasteiger partial charge in [-0.15, -0.1) is 0 Å². The number of nitrogens with zero attached hydrogens (tertiary/aromatic N) is 2. The first-order valence-corrected chi connectivity index (χ1v) is 12.7. The van der Waals surface area contributed by atoms with Crippen molar-refractivity contribution in [2.75, 3.05) is 19.6 Å². The number of carbonyl (C=O) groups excluding carboxylic acids is 1. The monoisotopic (exact) mass is 465 g/mol. The molecule has 1 atom stereocenters. The number of hydrogen-bond donors (Lipinski definition) is 1. The smallest absolute Gasteiger partial charge is 0.243 e. The van der Waals surface area contributed by atoms with Gasteiger partial charge in [0.1, 0.15) is 6.04 Å². The average molecular weight is 466 g/mol. The number of amides is 1. The molecule has 0 aromatic heterocycles. The van der Waals surface area contributed by atoms with Crippen molar-refractivity contribution in [3.63, 3.8) is 0 Å². The second-order valence-electron chi connectivity index (χ2n) is 8.36. The summed E-state index contributed by atoms with van der Waals surface area (Å²) < 4.78 is 55.0. The maximum Gasteiger partial charge on any atom is 0.243 e. The van der Waals surface area contributed by atoms with Crippen LogP contribution in [0.5, 0.6) is 0 Å². The maximum absolute atomic E-state index is 13.3. The molecule has 0 spiro atoms. The lowest BCUT2D eigenvalue weighted by molar-refractivity contribution is -0.127. The Morgan fingerprint density at radius 1 is 0.839 bits per heavy atom. The molecule has 1 amide bonds.